The van der Waals surface area contributed by atoms with Crippen LogP contribution in [0, 0.1) is 5.82 Å². The molecule has 3 N–H and O–H groups in total. The Labute approximate surface area is 116 Å². The molecular formula is C13H17ClFN3O. The Balaban J connectivity index is 2.17. The highest BCUT2D eigenvalue weighted by molar-refractivity contribution is 6.30. The van der Waals surface area contributed by atoms with E-state index >= 15 is 0 Å². The van der Waals surface area contributed by atoms with Crippen molar-refractivity contribution in [1.82, 2.24) is 4.90 Å². The van der Waals surface area contributed by atoms with E-state index in [0.29, 0.717) is 17.1 Å². The van der Waals surface area contributed by atoms with E-state index in [1.807, 2.05) is 4.90 Å². The van der Waals surface area contributed by atoms with Gasteiger partial charge < -0.3 is 10.9 Å². The second-order valence-corrected chi connectivity index (χ2v) is 5.18. The fourth-order valence-corrected chi connectivity index (χ4v) is 2.66. The van der Waals surface area contributed by atoms with Crippen LogP contribution in [0.4, 0.5) is 4.39 Å². The van der Waals surface area contributed by atoms with Gasteiger partial charge in [0.1, 0.15) is 5.82 Å². The van der Waals surface area contributed by atoms with Gasteiger partial charge in [0.05, 0.1) is 6.04 Å². The standard InChI is InChI=1S/C13H17ClFN3O/c14-10-4-5-11(15)9(7-10)8-18-6-2-1-3-12(18)13(16)17-19/h4-5,7,12,19H,1-3,6,8H2,(H2,16,17). The summed E-state index contributed by atoms with van der Waals surface area (Å²) in [6.07, 6.45) is 2.87. The summed E-state index contributed by atoms with van der Waals surface area (Å²) in [7, 11) is 0. The predicted molar refractivity (Wildman–Crippen MR) is 72.9 cm³/mol. The predicted octanol–water partition coefficient (Wildman–Crippen LogP) is 2.58. The van der Waals surface area contributed by atoms with E-state index in [-0.39, 0.29) is 17.7 Å². The normalized spacial score (nSPS) is 21.6. The third kappa shape index (κ3) is 3.36. The average molecular weight is 286 g/mol. The van der Waals surface area contributed by atoms with Crippen molar-refractivity contribution in [3.05, 3.63) is 34.6 Å². The van der Waals surface area contributed by atoms with Crippen LogP contribution in [0.3, 0.4) is 0 Å². The molecule has 6 heteroatoms. The number of halogens is 2. The van der Waals surface area contributed by atoms with Gasteiger partial charge in [-0.2, -0.15) is 0 Å². The highest BCUT2D eigenvalue weighted by Gasteiger charge is 2.26. The summed E-state index contributed by atoms with van der Waals surface area (Å²) in [6, 6.07) is 4.36. The maximum atomic E-state index is 13.7. The minimum absolute atomic E-state index is 0.142. The van der Waals surface area contributed by atoms with Crippen LogP contribution >= 0.6 is 11.6 Å². The van der Waals surface area contributed by atoms with E-state index in [2.05, 4.69) is 5.16 Å². The lowest BCUT2D eigenvalue weighted by molar-refractivity contribution is 0.176. The smallest absolute Gasteiger partial charge is 0.156 e. The molecule has 0 amide bonds. The number of nitrogens with two attached hydrogens (primary N) is 1. The number of benzene rings is 1. The lowest BCUT2D eigenvalue weighted by Gasteiger charge is -2.34. The largest absolute Gasteiger partial charge is 0.409 e. The quantitative estimate of drug-likeness (QED) is 0.388. The zero-order chi connectivity index (χ0) is 13.8. The van der Waals surface area contributed by atoms with Gasteiger partial charge in [-0.3, -0.25) is 4.90 Å². The molecule has 0 bridgehead atoms. The first kappa shape index (κ1) is 14.1. The van der Waals surface area contributed by atoms with Crippen molar-refractivity contribution in [3.63, 3.8) is 0 Å². The van der Waals surface area contributed by atoms with Crippen LogP contribution in [0.2, 0.25) is 5.02 Å². The lowest BCUT2D eigenvalue weighted by atomic mass is 10.0. The van der Waals surface area contributed by atoms with Crippen molar-refractivity contribution in [2.75, 3.05) is 6.54 Å². The van der Waals surface area contributed by atoms with Crippen LogP contribution < -0.4 is 5.73 Å². The lowest BCUT2D eigenvalue weighted by Crippen LogP contribution is -2.47. The second-order valence-electron chi connectivity index (χ2n) is 4.74. The van der Waals surface area contributed by atoms with Crippen molar-refractivity contribution >= 4 is 17.4 Å². The van der Waals surface area contributed by atoms with Crippen LogP contribution in [-0.2, 0) is 6.54 Å². The van der Waals surface area contributed by atoms with E-state index in [1.54, 1.807) is 6.07 Å². The first-order chi connectivity index (χ1) is 9.11. The maximum absolute atomic E-state index is 13.7. The number of likely N-dealkylation sites (tertiary alicyclic amines) is 1. The van der Waals surface area contributed by atoms with Crippen LogP contribution in [-0.4, -0.2) is 28.5 Å². The molecule has 4 nitrogen and oxygen atoms in total. The van der Waals surface area contributed by atoms with E-state index in [0.717, 1.165) is 25.8 Å². The Hall–Kier alpha value is -1.33. The fraction of sp³-hybridized carbons (Fsp3) is 0.462. The molecule has 1 aromatic rings. The van der Waals surface area contributed by atoms with Gasteiger partial charge in [0.25, 0.3) is 0 Å². The zero-order valence-corrected chi connectivity index (χ0v) is 11.3. The molecule has 0 radical (unpaired) electrons. The van der Waals surface area contributed by atoms with Gasteiger partial charge in [0, 0.05) is 17.1 Å². The number of oxime groups is 1. The molecule has 1 unspecified atom stereocenters. The second kappa shape index (κ2) is 6.21. The molecule has 0 spiro atoms. The monoisotopic (exact) mass is 285 g/mol. The Bertz CT molecular complexity index is 481. The first-order valence-electron chi connectivity index (χ1n) is 6.27. The molecular weight excluding hydrogens is 269 g/mol. The van der Waals surface area contributed by atoms with Crippen molar-refractivity contribution in [3.8, 4) is 0 Å². The summed E-state index contributed by atoms with van der Waals surface area (Å²) in [5.41, 5.74) is 6.23. The van der Waals surface area contributed by atoms with Crippen LogP contribution in [0.5, 0.6) is 0 Å². The summed E-state index contributed by atoms with van der Waals surface area (Å²) in [4.78, 5) is 2.02. The number of rotatable bonds is 3. The van der Waals surface area contributed by atoms with Gasteiger partial charge in [0.2, 0.25) is 0 Å². The Morgan fingerprint density at radius 1 is 1.53 bits per heavy atom. The fourth-order valence-electron chi connectivity index (χ4n) is 2.47. The molecule has 104 valence electrons. The molecule has 19 heavy (non-hydrogen) atoms. The van der Waals surface area contributed by atoms with Crippen LogP contribution in [0.15, 0.2) is 23.4 Å². The maximum Gasteiger partial charge on any atom is 0.156 e. The van der Waals surface area contributed by atoms with Gasteiger partial charge in [-0.15, -0.1) is 0 Å². The summed E-state index contributed by atoms with van der Waals surface area (Å²) in [5.74, 6) is -0.102. The number of nitrogens with zero attached hydrogens (tertiary/aromatic N) is 2. The van der Waals surface area contributed by atoms with Gasteiger partial charge in [-0.05, 0) is 37.6 Å². The zero-order valence-electron chi connectivity index (χ0n) is 10.5. The molecule has 0 aromatic heterocycles. The molecule has 1 atom stereocenters. The minimum atomic E-state index is -0.284. The summed E-state index contributed by atoms with van der Waals surface area (Å²) >= 11 is 5.89. The van der Waals surface area contributed by atoms with Gasteiger partial charge in [-0.25, -0.2) is 4.39 Å². The molecule has 1 heterocycles. The van der Waals surface area contributed by atoms with Crippen molar-refractivity contribution in [2.45, 2.75) is 31.8 Å². The number of piperidine rings is 1. The molecule has 1 aliphatic rings. The molecule has 1 fully saturated rings. The molecule has 1 aliphatic heterocycles. The van der Waals surface area contributed by atoms with E-state index < -0.39 is 0 Å². The molecule has 1 aromatic carbocycles. The number of hydrogen-bond acceptors (Lipinski definition) is 3. The van der Waals surface area contributed by atoms with Crippen LogP contribution in [0.1, 0.15) is 24.8 Å². The minimum Gasteiger partial charge on any atom is -0.409 e. The topological polar surface area (TPSA) is 61.9 Å². The summed E-state index contributed by atoms with van der Waals surface area (Å²) in [5, 5.41) is 12.4. The molecule has 1 saturated heterocycles. The molecule has 2 rings (SSSR count). The van der Waals surface area contributed by atoms with Gasteiger partial charge >= 0.3 is 0 Å². The van der Waals surface area contributed by atoms with E-state index in [1.165, 1.54) is 12.1 Å². The van der Waals surface area contributed by atoms with Gasteiger partial charge in [0.15, 0.2) is 5.84 Å². The van der Waals surface area contributed by atoms with Gasteiger partial charge in [-0.1, -0.05) is 23.2 Å². The van der Waals surface area contributed by atoms with E-state index in [4.69, 9.17) is 22.5 Å². The first-order valence-corrected chi connectivity index (χ1v) is 6.65. The third-order valence-electron chi connectivity index (χ3n) is 3.45. The summed E-state index contributed by atoms with van der Waals surface area (Å²) < 4.78 is 13.7. The van der Waals surface area contributed by atoms with Crippen LogP contribution in [0.25, 0.3) is 0 Å². The highest BCUT2D eigenvalue weighted by atomic mass is 35.5. The third-order valence-corrected chi connectivity index (χ3v) is 3.69. The Morgan fingerprint density at radius 3 is 3.05 bits per heavy atom. The molecule has 0 aliphatic carbocycles. The summed E-state index contributed by atoms with van der Waals surface area (Å²) in [6.45, 7) is 1.21. The highest BCUT2D eigenvalue weighted by Crippen LogP contribution is 2.22. The Kier molecular flexibility index (Phi) is 4.61. The van der Waals surface area contributed by atoms with Crippen molar-refractivity contribution in [2.24, 2.45) is 10.9 Å². The van der Waals surface area contributed by atoms with Crippen molar-refractivity contribution < 1.29 is 9.60 Å². The van der Waals surface area contributed by atoms with E-state index in [9.17, 15) is 4.39 Å². The number of amidine groups is 1. The van der Waals surface area contributed by atoms with Crippen molar-refractivity contribution in [1.29, 1.82) is 0 Å². The average Bonchev–Trinajstić information content (AvgIpc) is 2.42. The SMILES string of the molecule is N/C(=N/O)C1CCCCN1Cc1cc(Cl)ccc1F. The molecule has 0 saturated carbocycles. The number of hydrogen-bond donors (Lipinski definition) is 2. The Morgan fingerprint density at radius 2 is 2.32 bits per heavy atom.